The van der Waals surface area contributed by atoms with E-state index in [1.54, 1.807) is 0 Å². The first kappa shape index (κ1) is 21.6. The van der Waals surface area contributed by atoms with E-state index in [2.05, 4.69) is 92.7 Å². The van der Waals surface area contributed by atoms with Crippen molar-refractivity contribution >= 4 is 27.5 Å². The Morgan fingerprint density at radius 1 is 1.06 bits per heavy atom. The van der Waals surface area contributed by atoms with Crippen LogP contribution in [0.15, 0.2) is 103 Å². The zero-order chi connectivity index (χ0) is 23.3. The van der Waals surface area contributed by atoms with E-state index in [1.165, 1.54) is 10.9 Å². The Kier molecular flexibility index (Phi) is 6.19. The maximum Gasteiger partial charge on any atom is 0.181 e. The summed E-state index contributed by atoms with van der Waals surface area (Å²) in [5, 5.41) is 13.2. The van der Waals surface area contributed by atoms with Gasteiger partial charge in [-0.25, -0.2) is 4.98 Å². The van der Waals surface area contributed by atoms with Crippen LogP contribution < -0.4 is 5.32 Å². The Hall–Kier alpha value is -4.22. The third-order valence-electron chi connectivity index (χ3n) is 5.96. The lowest BCUT2D eigenvalue weighted by atomic mass is 10.0. The highest BCUT2D eigenvalue weighted by Crippen LogP contribution is 2.30. The van der Waals surface area contributed by atoms with Crippen LogP contribution in [0.25, 0.3) is 38.9 Å². The fraction of sp³-hybridized carbons (Fsp3) is 0.103. The third-order valence-corrected chi connectivity index (χ3v) is 5.96. The summed E-state index contributed by atoms with van der Waals surface area (Å²) in [6, 6.07) is 22.9. The fourth-order valence-corrected chi connectivity index (χ4v) is 4.13. The molecule has 0 aliphatic heterocycles. The number of hydrogen-bond donors (Lipinski definition) is 3. The van der Waals surface area contributed by atoms with Crippen molar-refractivity contribution in [3.63, 3.8) is 0 Å². The Bertz CT molecular complexity index is 1470. The van der Waals surface area contributed by atoms with Crippen molar-refractivity contribution < 1.29 is 0 Å². The smallest absolute Gasteiger partial charge is 0.181 e. The normalized spacial score (nSPS) is 12.5. The molecule has 0 saturated carbocycles. The van der Waals surface area contributed by atoms with Crippen LogP contribution >= 0.6 is 0 Å². The number of para-hydroxylation sites is 1. The lowest BCUT2D eigenvalue weighted by molar-refractivity contribution is 0.747. The molecular formula is C29H27N5. The summed E-state index contributed by atoms with van der Waals surface area (Å²) in [6.45, 7) is 7.60. The lowest BCUT2D eigenvalue weighted by Crippen LogP contribution is -2.15. The van der Waals surface area contributed by atoms with Crippen molar-refractivity contribution in [3.05, 3.63) is 114 Å². The molecule has 3 heterocycles. The van der Waals surface area contributed by atoms with Gasteiger partial charge in [-0.15, -0.1) is 0 Å². The Balaban J connectivity index is 1.41. The van der Waals surface area contributed by atoms with Gasteiger partial charge in [0, 0.05) is 41.1 Å². The van der Waals surface area contributed by atoms with Crippen LogP contribution in [0.4, 0.5) is 0 Å². The molecule has 0 amide bonds. The van der Waals surface area contributed by atoms with Gasteiger partial charge in [0.25, 0.3) is 0 Å². The highest BCUT2D eigenvalue weighted by molar-refractivity contribution is 5.96. The molecule has 5 nitrogen and oxygen atoms in total. The number of allylic oxidation sites excluding steroid dienone is 3. The number of pyridine rings is 1. The SMILES string of the molecule is C=C/C(=C\C(=C/C)c1cnc2n[nH]c(-c3cc4ccccc4[nH]3)c2c1)CNCc1ccccc1. The molecule has 2 aromatic carbocycles. The van der Waals surface area contributed by atoms with Crippen LogP contribution in [-0.4, -0.2) is 26.7 Å². The minimum Gasteiger partial charge on any atom is -0.353 e. The lowest BCUT2D eigenvalue weighted by Gasteiger charge is -2.08. The molecule has 0 unspecified atom stereocenters. The van der Waals surface area contributed by atoms with E-state index in [4.69, 9.17) is 0 Å². The number of aromatic amines is 2. The molecule has 0 aliphatic rings. The van der Waals surface area contributed by atoms with Crippen LogP contribution in [0.1, 0.15) is 18.1 Å². The molecule has 0 radical (unpaired) electrons. The van der Waals surface area contributed by atoms with E-state index in [0.717, 1.165) is 52.1 Å². The van der Waals surface area contributed by atoms with Crippen LogP contribution in [-0.2, 0) is 6.54 Å². The average molecular weight is 446 g/mol. The Morgan fingerprint density at radius 2 is 1.88 bits per heavy atom. The molecule has 168 valence electrons. The first-order valence-electron chi connectivity index (χ1n) is 11.4. The van der Waals surface area contributed by atoms with Crippen molar-refractivity contribution in [2.75, 3.05) is 6.54 Å². The van der Waals surface area contributed by atoms with Crippen LogP contribution in [0.2, 0.25) is 0 Å². The van der Waals surface area contributed by atoms with Crippen molar-refractivity contribution in [2.24, 2.45) is 0 Å². The first-order valence-corrected chi connectivity index (χ1v) is 11.4. The number of hydrogen-bond acceptors (Lipinski definition) is 3. The number of H-pyrrole nitrogens is 2. The summed E-state index contributed by atoms with van der Waals surface area (Å²) < 4.78 is 0. The summed E-state index contributed by atoms with van der Waals surface area (Å²) >= 11 is 0. The molecule has 3 N–H and O–H groups in total. The summed E-state index contributed by atoms with van der Waals surface area (Å²) in [7, 11) is 0. The van der Waals surface area contributed by atoms with Gasteiger partial charge in [0.15, 0.2) is 5.65 Å². The molecule has 0 spiro atoms. The molecule has 3 aromatic heterocycles. The Morgan fingerprint density at radius 3 is 2.68 bits per heavy atom. The maximum atomic E-state index is 4.62. The molecule has 0 atom stereocenters. The summed E-state index contributed by atoms with van der Waals surface area (Å²) in [5.41, 5.74) is 8.24. The van der Waals surface area contributed by atoms with Gasteiger partial charge in [-0.2, -0.15) is 5.10 Å². The fourth-order valence-electron chi connectivity index (χ4n) is 4.13. The molecule has 0 bridgehead atoms. The van der Waals surface area contributed by atoms with E-state index in [1.807, 2.05) is 37.4 Å². The van der Waals surface area contributed by atoms with Crippen LogP contribution in [0.5, 0.6) is 0 Å². The van der Waals surface area contributed by atoms with Gasteiger partial charge in [-0.05, 0) is 41.8 Å². The van der Waals surface area contributed by atoms with Gasteiger partial charge >= 0.3 is 0 Å². The van der Waals surface area contributed by atoms with E-state index < -0.39 is 0 Å². The largest absolute Gasteiger partial charge is 0.353 e. The number of nitrogens with zero attached hydrogens (tertiary/aromatic N) is 2. The molecular weight excluding hydrogens is 418 g/mol. The zero-order valence-electron chi connectivity index (χ0n) is 19.2. The standard InChI is InChI=1S/C29H27N5/c1-3-20(17-30-18-21-10-6-5-7-11-21)14-22(4-2)24-15-25-28(33-34-29(25)31-19-24)27-16-23-12-8-9-13-26(23)32-27/h3-16,19,30,32H,1,17-18H2,2H3,(H,31,33,34)/b20-14+,22-4+. The second kappa shape index (κ2) is 9.73. The van der Waals surface area contributed by atoms with E-state index in [-0.39, 0.29) is 0 Å². The summed E-state index contributed by atoms with van der Waals surface area (Å²) in [4.78, 5) is 8.10. The number of benzene rings is 2. The predicted octanol–water partition coefficient (Wildman–Crippen LogP) is 6.41. The molecule has 0 aliphatic carbocycles. The number of fused-ring (bicyclic) bond motifs is 2. The van der Waals surface area contributed by atoms with Crippen LogP contribution in [0, 0.1) is 0 Å². The minimum atomic E-state index is 0.699. The second-order valence-corrected chi connectivity index (χ2v) is 8.22. The number of rotatable bonds is 8. The summed E-state index contributed by atoms with van der Waals surface area (Å²) in [5.74, 6) is 0. The predicted molar refractivity (Wildman–Crippen MR) is 141 cm³/mol. The first-order chi connectivity index (χ1) is 16.7. The van der Waals surface area contributed by atoms with Gasteiger partial charge in [-0.3, -0.25) is 5.10 Å². The van der Waals surface area contributed by atoms with E-state index >= 15 is 0 Å². The molecule has 34 heavy (non-hydrogen) atoms. The van der Waals surface area contributed by atoms with E-state index in [9.17, 15) is 0 Å². The minimum absolute atomic E-state index is 0.699. The average Bonchev–Trinajstić information content (AvgIpc) is 3.50. The van der Waals surface area contributed by atoms with Crippen molar-refractivity contribution in [1.82, 2.24) is 25.5 Å². The van der Waals surface area contributed by atoms with Gasteiger partial charge in [0.1, 0.15) is 0 Å². The van der Waals surface area contributed by atoms with Gasteiger partial charge in [-0.1, -0.05) is 73.3 Å². The molecule has 5 rings (SSSR count). The van der Waals surface area contributed by atoms with Crippen molar-refractivity contribution in [2.45, 2.75) is 13.5 Å². The molecule has 5 heteroatoms. The highest BCUT2D eigenvalue weighted by atomic mass is 15.2. The Labute approximate surface area is 199 Å². The number of aromatic nitrogens is 4. The van der Waals surface area contributed by atoms with Gasteiger partial charge in [0.05, 0.1) is 11.4 Å². The summed E-state index contributed by atoms with van der Waals surface area (Å²) in [6.07, 6.45) is 8.05. The zero-order valence-corrected chi connectivity index (χ0v) is 19.2. The van der Waals surface area contributed by atoms with Gasteiger partial charge in [0.2, 0.25) is 0 Å². The molecule has 0 saturated heterocycles. The maximum absolute atomic E-state index is 4.62. The monoisotopic (exact) mass is 445 g/mol. The van der Waals surface area contributed by atoms with Crippen LogP contribution in [0.3, 0.4) is 0 Å². The van der Waals surface area contributed by atoms with E-state index in [0.29, 0.717) is 5.65 Å². The molecule has 0 fully saturated rings. The second-order valence-electron chi connectivity index (χ2n) is 8.22. The molecule has 5 aromatic rings. The van der Waals surface area contributed by atoms with Crippen molar-refractivity contribution in [1.29, 1.82) is 0 Å². The van der Waals surface area contributed by atoms with Crippen molar-refractivity contribution in [3.8, 4) is 11.4 Å². The third kappa shape index (κ3) is 4.47. The van der Waals surface area contributed by atoms with Gasteiger partial charge < -0.3 is 10.3 Å². The number of nitrogens with one attached hydrogen (secondary N) is 3. The highest BCUT2D eigenvalue weighted by Gasteiger charge is 2.13. The quantitative estimate of drug-likeness (QED) is 0.242. The topological polar surface area (TPSA) is 69.4 Å².